The molecule has 0 saturated carbocycles. The standard InChI is InChI=1S/C33H36ClN5O3/c34-26-10-12-27(13-11-26)36-33(42)37-28-18-24(32(41)35-16-15-22-5-2-1-3-6-22)9-14-30(28)38-19-23-17-25(21-38)29-7-4-8-31(40)39(29)20-23/h4-5,7-14,18,23,25H,1-3,6,15-17,19-21H2,(H,35,41)(H2,36,37,42). The van der Waals surface area contributed by atoms with Crippen molar-refractivity contribution in [1.29, 1.82) is 0 Å². The van der Waals surface area contributed by atoms with E-state index in [-0.39, 0.29) is 17.4 Å². The van der Waals surface area contributed by atoms with Crippen molar-refractivity contribution >= 4 is 40.6 Å². The molecule has 9 heteroatoms. The molecule has 2 aromatic carbocycles. The van der Waals surface area contributed by atoms with Crippen LogP contribution in [0.3, 0.4) is 0 Å². The van der Waals surface area contributed by atoms with Crippen LogP contribution in [-0.4, -0.2) is 36.1 Å². The minimum absolute atomic E-state index is 0.0482. The number of amides is 3. The van der Waals surface area contributed by atoms with Gasteiger partial charge in [0, 0.05) is 60.1 Å². The second-order valence-corrected chi connectivity index (χ2v) is 12.0. The maximum absolute atomic E-state index is 13.1. The zero-order valence-corrected chi connectivity index (χ0v) is 24.3. The summed E-state index contributed by atoms with van der Waals surface area (Å²) in [6.07, 6.45) is 8.88. The molecular weight excluding hydrogens is 550 g/mol. The molecule has 1 aliphatic carbocycles. The number of allylic oxidation sites excluding steroid dienone is 1. The highest BCUT2D eigenvalue weighted by Crippen LogP contribution is 2.39. The zero-order chi connectivity index (χ0) is 29.1. The van der Waals surface area contributed by atoms with E-state index in [0.29, 0.717) is 47.5 Å². The van der Waals surface area contributed by atoms with Crippen molar-refractivity contribution in [2.45, 2.75) is 51.0 Å². The molecule has 3 N–H and O–H groups in total. The molecule has 42 heavy (non-hydrogen) atoms. The van der Waals surface area contributed by atoms with Gasteiger partial charge in [0.1, 0.15) is 0 Å². The Balaban J connectivity index is 1.23. The monoisotopic (exact) mass is 585 g/mol. The van der Waals surface area contributed by atoms with Crippen molar-refractivity contribution in [3.63, 3.8) is 0 Å². The van der Waals surface area contributed by atoms with E-state index >= 15 is 0 Å². The summed E-state index contributed by atoms with van der Waals surface area (Å²) < 4.78 is 1.91. The van der Waals surface area contributed by atoms with Gasteiger partial charge in [0.15, 0.2) is 0 Å². The summed E-state index contributed by atoms with van der Waals surface area (Å²) in [6.45, 7) is 2.73. The number of nitrogens with zero attached hydrogens (tertiary/aromatic N) is 2. The number of anilines is 3. The first-order valence-electron chi connectivity index (χ1n) is 14.8. The normalized spacial score (nSPS) is 19.4. The van der Waals surface area contributed by atoms with Gasteiger partial charge in [-0.15, -0.1) is 0 Å². The molecule has 3 aromatic rings. The zero-order valence-electron chi connectivity index (χ0n) is 23.6. The van der Waals surface area contributed by atoms with E-state index in [2.05, 4.69) is 26.9 Å². The summed E-state index contributed by atoms with van der Waals surface area (Å²) in [5.74, 6) is 0.353. The fourth-order valence-electron chi connectivity index (χ4n) is 6.53. The number of fused-ring (bicyclic) bond motifs is 4. The SMILES string of the molecule is O=C(Nc1ccc(Cl)cc1)Nc1cc(C(=O)NCCC2=CCCCC2)ccc1N1CC2CC(C1)c1cccc(=O)n1C2. The van der Waals surface area contributed by atoms with Crippen molar-refractivity contribution < 1.29 is 9.59 Å². The van der Waals surface area contributed by atoms with Crippen LogP contribution in [-0.2, 0) is 6.54 Å². The Morgan fingerprint density at radius 2 is 1.81 bits per heavy atom. The molecule has 218 valence electrons. The molecule has 2 atom stereocenters. The highest BCUT2D eigenvalue weighted by molar-refractivity contribution is 6.30. The van der Waals surface area contributed by atoms with Gasteiger partial charge >= 0.3 is 6.03 Å². The number of nitrogens with one attached hydrogen (secondary N) is 3. The smallest absolute Gasteiger partial charge is 0.323 e. The van der Waals surface area contributed by atoms with Crippen molar-refractivity contribution in [2.75, 3.05) is 35.2 Å². The van der Waals surface area contributed by atoms with Gasteiger partial charge in [0.05, 0.1) is 11.4 Å². The molecule has 3 aliphatic rings. The number of pyridine rings is 1. The molecular formula is C33H36ClN5O3. The van der Waals surface area contributed by atoms with Gasteiger partial charge in [-0.1, -0.05) is 29.3 Å². The van der Waals surface area contributed by atoms with E-state index in [1.807, 2.05) is 28.8 Å². The van der Waals surface area contributed by atoms with E-state index in [9.17, 15) is 14.4 Å². The highest BCUT2D eigenvalue weighted by atomic mass is 35.5. The Labute approximate surface area is 250 Å². The van der Waals surface area contributed by atoms with Crippen molar-refractivity contribution in [3.05, 3.63) is 98.9 Å². The first-order valence-corrected chi connectivity index (χ1v) is 15.2. The predicted octanol–water partition coefficient (Wildman–Crippen LogP) is 6.39. The minimum Gasteiger partial charge on any atom is -0.369 e. The summed E-state index contributed by atoms with van der Waals surface area (Å²) >= 11 is 6.00. The Bertz CT molecular complexity index is 1560. The van der Waals surface area contributed by atoms with Crippen LogP contribution in [0.5, 0.6) is 0 Å². The molecule has 0 spiro atoms. The number of benzene rings is 2. The average molecular weight is 586 g/mol. The van der Waals surface area contributed by atoms with Crippen LogP contribution in [0.2, 0.25) is 5.02 Å². The topological polar surface area (TPSA) is 95.5 Å². The van der Waals surface area contributed by atoms with Crippen LogP contribution < -0.4 is 26.4 Å². The van der Waals surface area contributed by atoms with Gasteiger partial charge in [-0.25, -0.2) is 4.79 Å². The summed E-state index contributed by atoms with van der Waals surface area (Å²) in [4.78, 5) is 41.0. The van der Waals surface area contributed by atoms with E-state index in [1.54, 1.807) is 36.4 Å². The number of hydrogen-bond donors (Lipinski definition) is 3. The van der Waals surface area contributed by atoms with Crippen molar-refractivity contribution in [1.82, 2.24) is 9.88 Å². The lowest BCUT2D eigenvalue weighted by Crippen LogP contribution is -2.47. The summed E-state index contributed by atoms with van der Waals surface area (Å²) in [6, 6.07) is 17.5. The van der Waals surface area contributed by atoms with Crippen molar-refractivity contribution in [3.8, 4) is 0 Å². The molecule has 0 radical (unpaired) electrons. The first-order chi connectivity index (χ1) is 20.4. The van der Waals surface area contributed by atoms with Gasteiger partial charge in [0.2, 0.25) is 0 Å². The highest BCUT2D eigenvalue weighted by Gasteiger charge is 2.35. The minimum atomic E-state index is -0.408. The van der Waals surface area contributed by atoms with Gasteiger partial charge in [-0.2, -0.15) is 0 Å². The Kier molecular flexibility index (Phi) is 8.33. The Morgan fingerprint density at radius 1 is 0.952 bits per heavy atom. The molecule has 2 bridgehead atoms. The third-order valence-corrected chi connectivity index (χ3v) is 8.80. The molecule has 6 rings (SSSR count). The third kappa shape index (κ3) is 6.39. The lowest BCUT2D eigenvalue weighted by Gasteiger charge is -2.44. The van der Waals surface area contributed by atoms with Gasteiger partial charge in [-0.05, 0) is 93.0 Å². The quantitative estimate of drug-likeness (QED) is 0.280. The van der Waals surface area contributed by atoms with Crippen LogP contribution in [0.1, 0.15) is 60.5 Å². The predicted molar refractivity (Wildman–Crippen MR) is 168 cm³/mol. The number of carbonyl (C=O) groups is 2. The first kappa shape index (κ1) is 28.1. The fraction of sp³-hybridized carbons (Fsp3) is 0.364. The number of hydrogen-bond acceptors (Lipinski definition) is 4. The van der Waals surface area contributed by atoms with Crippen LogP contribution >= 0.6 is 11.6 Å². The summed E-state index contributed by atoms with van der Waals surface area (Å²) in [5, 5.41) is 9.49. The number of halogens is 1. The molecule has 2 unspecified atom stereocenters. The second kappa shape index (κ2) is 12.4. The van der Waals surface area contributed by atoms with Crippen molar-refractivity contribution in [2.24, 2.45) is 5.92 Å². The van der Waals surface area contributed by atoms with Gasteiger partial charge < -0.3 is 25.4 Å². The maximum atomic E-state index is 13.1. The number of carbonyl (C=O) groups excluding carboxylic acids is 2. The van der Waals surface area contributed by atoms with Crippen LogP contribution in [0.15, 0.2) is 77.1 Å². The third-order valence-electron chi connectivity index (χ3n) is 8.55. The van der Waals surface area contributed by atoms with Gasteiger partial charge in [0.25, 0.3) is 11.5 Å². The molecule has 3 amide bonds. The van der Waals surface area contributed by atoms with Crippen LogP contribution in [0.4, 0.5) is 21.9 Å². The lowest BCUT2D eigenvalue weighted by atomic mass is 9.83. The Morgan fingerprint density at radius 3 is 2.62 bits per heavy atom. The molecule has 8 nitrogen and oxygen atoms in total. The average Bonchev–Trinajstić information content (AvgIpc) is 2.99. The lowest BCUT2D eigenvalue weighted by molar-refractivity contribution is 0.0954. The number of urea groups is 1. The van der Waals surface area contributed by atoms with E-state index in [1.165, 1.54) is 18.4 Å². The molecule has 2 aliphatic heterocycles. The van der Waals surface area contributed by atoms with Gasteiger partial charge in [-0.3, -0.25) is 9.59 Å². The number of piperidine rings is 1. The molecule has 1 aromatic heterocycles. The van der Waals surface area contributed by atoms with E-state index < -0.39 is 6.03 Å². The Hall–Kier alpha value is -4.04. The summed E-state index contributed by atoms with van der Waals surface area (Å²) in [7, 11) is 0. The maximum Gasteiger partial charge on any atom is 0.323 e. The number of aromatic nitrogens is 1. The number of rotatable bonds is 7. The van der Waals surface area contributed by atoms with Crippen LogP contribution in [0, 0.1) is 5.92 Å². The fourth-order valence-corrected chi connectivity index (χ4v) is 6.66. The molecule has 1 fully saturated rings. The van der Waals surface area contributed by atoms with E-state index in [4.69, 9.17) is 11.6 Å². The summed E-state index contributed by atoms with van der Waals surface area (Å²) in [5.41, 5.74) is 5.04. The second-order valence-electron chi connectivity index (χ2n) is 11.5. The molecule has 3 heterocycles. The van der Waals surface area contributed by atoms with Crippen LogP contribution in [0.25, 0.3) is 0 Å². The largest absolute Gasteiger partial charge is 0.369 e. The molecule has 1 saturated heterocycles. The van der Waals surface area contributed by atoms with E-state index in [0.717, 1.165) is 43.6 Å².